The van der Waals surface area contributed by atoms with Gasteiger partial charge in [0.25, 0.3) is 0 Å². The smallest absolute Gasteiger partial charge is 0.235 e. The molecule has 1 aliphatic rings. The van der Waals surface area contributed by atoms with Crippen LogP contribution in [0.15, 0.2) is 59.8 Å². The molecule has 0 aliphatic carbocycles. The molecule has 4 rings (SSSR count). The molecule has 1 atom stereocenters. The van der Waals surface area contributed by atoms with Crippen molar-refractivity contribution in [2.45, 2.75) is 62.9 Å². The van der Waals surface area contributed by atoms with Gasteiger partial charge in [0, 0.05) is 18.7 Å². The quantitative estimate of drug-likeness (QED) is 0.474. The third-order valence-electron chi connectivity index (χ3n) is 5.96. The molecule has 1 saturated heterocycles. The molecule has 2 aromatic carbocycles. The predicted octanol–water partition coefficient (Wildman–Crippen LogP) is 5.39. The van der Waals surface area contributed by atoms with Gasteiger partial charge in [0.2, 0.25) is 5.91 Å². The Balaban J connectivity index is 1.64. The van der Waals surface area contributed by atoms with E-state index in [4.69, 9.17) is 0 Å². The summed E-state index contributed by atoms with van der Waals surface area (Å²) in [7, 11) is 0. The Hall–Kier alpha value is -2.60. The van der Waals surface area contributed by atoms with Crippen LogP contribution in [0.4, 0.5) is 0 Å². The lowest BCUT2D eigenvalue weighted by atomic mass is 9.87. The first kappa shape index (κ1) is 22.6. The number of aromatic nitrogens is 3. The largest absolute Gasteiger partial charge is 0.342 e. The third kappa shape index (κ3) is 5.07. The van der Waals surface area contributed by atoms with E-state index in [0.29, 0.717) is 6.54 Å². The lowest BCUT2D eigenvalue weighted by molar-refractivity contribution is -0.129. The number of thioether (sulfide) groups is 1. The van der Waals surface area contributed by atoms with E-state index in [-0.39, 0.29) is 16.6 Å². The average molecular weight is 449 g/mol. The van der Waals surface area contributed by atoms with Crippen LogP contribution in [0.5, 0.6) is 0 Å². The summed E-state index contributed by atoms with van der Waals surface area (Å²) in [6.45, 7) is 11.0. The molecule has 1 unspecified atom stereocenters. The van der Waals surface area contributed by atoms with Crippen LogP contribution >= 0.6 is 11.8 Å². The molecule has 0 saturated carbocycles. The van der Waals surface area contributed by atoms with Crippen molar-refractivity contribution in [2.75, 3.05) is 13.1 Å². The fraction of sp³-hybridized carbons (Fsp3) is 0.423. The predicted molar refractivity (Wildman–Crippen MR) is 131 cm³/mol. The Labute approximate surface area is 195 Å². The van der Waals surface area contributed by atoms with E-state index in [2.05, 4.69) is 71.9 Å². The molecule has 32 heavy (non-hydrogen) atoms. The van der Waals surface area contributed by atoms with Gasteiger partial charge in [-0.3, -0.25) is 9.36 Å². The second-order valence-electron chi connectivity index (χ2n) is 9.50. The van der Waals surface area contributed by atoms with Gasteiger partial charge in [0.15, 0.2) is 11.0 Å². The van der Waals surface area contributed by atoms with Gasteiger partial charge in [-0.05, 0) is 36.3 Å². The van der Waals surface area contributed by atoms with Gasteiger partial charge in [0.05, 0.1) is 11.8 Å². The van der Waals surface area contributed by atoms with Crippen LogP contribution in [0.25, 0.3) is 11.4 Å². The molecule has 3 aromatic rings. The fourth-order valence-electron chi connectivity index (χ4n) is 4.02. The maximum absolute atomic E-state index is 12.9. The molecule has 1 aromatic heterocycles. The van der Waals surface area contributed by atoms with E-state index in [0.717, 1.165) is 42.5 Å². The van der Waals surface area contributed by atoms with Gasteiger partial charge in [-0.15, -0.1) is 10.2 Å². The Morgan fingerprint density at radius 2 is 1.66 bits per heavy atom. The van der Waals surface area contributed by atoms with Crippen molar-refractivity contribution in [3.05, 3.63) is 65.7 Å². The number of benzene rings is 2. The zero-order valence-corrected chi connectivity index (χ0v) is 20.2. The fourth-order valence-corrected chi connectivity index (χ4v) is 4.95. The van der Waals surface area contributed by atoms with E-state index in [1.807, 2.05) is 30.0 Å². The van der Waals surface area contributed by atoms with Gasteiger partial charge in [-0.1, -0.05) is 87.1 Å². The van der Waals surface area contributed by atoms with Crippen LogP contribution in [0.3, 0.4) is 0 Å². The number of likely N-dealkylation sites (tertiary alicyclic amines) is 1. The molecular weight excluding hydrogens is 416 g/mol. The number of nitrogens with zero attached hydrogens (tertiary/aromatic N) is 4. The summed E-state index contributed by atoms with van der Waals surface area (Å²) < 4.78 is 2.14. The van der Waals surface area contributed by atoms with Crippen molar-refractivity contribution in [3.8, 4) is 11.4 Å². The molecule has 0 N–H and O–H groups in total. The van der Waals surface area contributed by atoms with E-state index in [9.17, 15) is 4.79 Å². The van der Waals surface area contributed by atoms with Crippen LogP contribution < -0.4 is 0 Å². The highest BCUT2D eigenvalue weighted by molar-refractivity contribution is 8.00. The summed E-state index contributed by atoms with van der Waals surface area (Å²) in [5.41, 5.74) is 3.60. The first-order valence-electron chi connectivity index (χ1n) is 11.4. The molecule has 0 radical (unpaired) electrons. The number of carbonyl (C=O) groups is 1. The lowest BCUT2D eigenvalue weighted by Crippen LogP contribution is -2.34. The minimum absolute atomic E-state index is 0.0998. The molecule has 0 bridgehead atoms. The Kier molecular flexibility index (Phi) is 6.70. The number of carbonyl (C=O) groups excluding carboxylic acids is 1. The minimum atomic E-state index is -0.192. The summed E-state index contributed by atoms with van der Waals surface area (Å²) in [6.07, 6.45) is 2.20. The Morgan fingerprint density at radius 3 is 2.28 bits per heavy atom. The van der Waals surface area contributed by atoms with Gasteiger partial charge >= 0.3 is 0 Å². The first-order valence-corrected chi connectivity index (χ1v) is 12.2. The van der Waals surface area contributed by atoms with Crippen molar-refractivity contribution >= 4 is 17.7 Å². The third-order valence-corrected chi connectivity index (χ3v) is 7.03. The number of hydrogen-bond donors (Lipinski definition) is 0. The van der Waals surface area contributed by atoms with E-state index in [1.54, 1.807) is 0 Å². The van der Waals surface area contributed by atoms with Gasteiger partial charge in [0.1, 0.15) is 0 Å². The molecule has 2 heterocycles. The average Bonchev–Trinajstić information content (AvgIpc) is 3.44. The SMILES string of the molecule is CC(Sc1nnc(-c2ccc(C(C)(C)C)cc2)n1Cc1ccccc1)C(=O)N1CCCC1. The summed E-state index contributed by atoms with van der Waals surface area (Å²) in [5.74, 6) is 1.02. The standard InChI is InChI=1S/C26H32N4OS/c1-19(24(31)29-16-8-9-17-29)32-25-28-27-23(30(25)18-20-10-6-5-7-11-20)21-12-14-22(15-13-21)26(2,3)4/h5-7,10-15,19H,8-9,16-18H2,1-4H3. The molecule has 168 valence electrons. The lowest BCUT2D eigenvalue weighted by Gasteiger charge is -2.20. The number of hydrogen-bond acceptors (Lipinski definition) is 4. The summed E-state index contributed by atoms with van der Waals surface area (Å²) in [4.78, 5) is 14.8. The Bertz CT molecular complexity index is 1050. The van der Waals surface area contributed by atoms with Crippen LogP contribution in [0, 0.1) is 0 Å². The second kappa shape index (κ2) is 9.49. The maximum Gasteiger partial charge on any atom is 0.235 e. The Morgan fingerprint density at radius 1 is 1.00 bits per heavy atom. The topological polar surface area (TPSA) is 51.0 Å². The highest BCUT2D eigenvalue weighted by Crippen LogP contribution is 2.30. The molecule has 0 spiro atoms. The van der Waals surface area contributed by atoms with Gasteiger partial charge in [-0.25, -0.2) is 0 Å². The van der Waals surface area contributed by atoms with Crippen molar-refractivity contribution in [1.29, 1.82) is 0 Å². The molecule has 1 aliphatic heterocycles. The second-order valence-corrected chi connectivity index (χ2v) is 10.8. The van der Waals surface area contributed by atoms with Crippen molar-refractivity contribution in [2.24, 2.45) is 0 Å². The zero-order chi connectivity index (χ0) is 22.7. The van der Waals surface area contributed by atoms with Crippen molar-refractivity contribution < 1.29 is 4.79 Å². The molecule has 6 heteroatoms. The number of amides is 1. The maximum atomic E-state index is 12.9. The van der Waals surface area contributed by atoms with Gasteiger partial charge < -0.3 is 4.90 Å². The molecular formula is C26H32N4OS. The van der Waals surface area contributed by atoms with E-state index in [1.165, 1.54) is 22.9 Å². The minimum Gasteiger partial charge on any atom is -0.342 e. The summed E-state index contributed by atoms with van der Waals surface area (Å²) >= 11 is 1.51. The highest BCUT2D eigenvalue weighted by atomic mass is 32.2. The summed E-state index contributed by atoms with van der Waals surface area (Å²) in [5, 5.41) is 9.66. The van der Waals surface area contributed by atoms with Crippen molar-refractivity contribution in [3.63, 3.8) is 0 Å². The molecule has 1 amide bonds. The monoisotopic (exact) mass is 448 g/mol. The summed E-state index contributed by atoms with van der Waals surface area (Å²) in [6, 6.07) is 18.9. The van der Waals surface area contributed by atoms with Crippen LogP contribution in [-0.4, -0.2) is 43.9 Å². The zero-order valence-electron chi connectivity index (χ0n) is 19.4. The highest BCUT2D eigenvalue weighted by Gasteiger charge is 2.26. The van der Waals surface area contributed by atoms with Crippen LogP contribution in [-0.2, 0) is 16.8 Å². The van der Waals surface area contributed by atoms with Crippen molar-refractivity contribution in [1.82, 2.24) is 19.7 Å². The van der Waals surface area contributed by atoms with Crippen LogP contribution in [0.2, 0.25) is 0 Å². The van der Waals surface area contributed by atoms with Crippen LogP contribution in [0.1, 0.15) is 51.7 Å². The first-order chi connectivity index (χ1) is 15.3. The van der Waals surface area contributed by atoms with E-state index >= 15 is 0 Å². The van der Waals surface area contributed by atoms with Gasteiger partial charge in [-0.2, -0.15) is 0 Å². The number of rotatable bonds is 6. The molecule has 1 fully saturated rings. The molecule has 5 nitrogen and oxygen atoms in total. The normalized spacial score (nSPS) is 15.2. The van der Waals surface area contributed by atoms with E-state index < -0.39 is 0 Å².